The van der Waals surface area contributed by atoms with Crippen LogP contribution in [0, 0.1) is 22.7 Å². The molecule has 1 N–H and O–H groups in total. The van der Waals surface area contributed by atoms with Crippen molar-refractivity contribution in [1.82, 2.24) is 0 Å². The molecule has 0 aromatic carbocycles. The summed E-state index contributed by atoms with van der Waals surface area (Å²) in [7, 11) is 0. The Balaban J connectivity index is 1.99. The van der Waals surface area contributed by atoms with Gasteiger partial charge in [-0.1, -0.05) is 39.3 Å². The van der Waals surface area contributed by atoms with Crippen molar-refractivity contribution >= 4 is 6.29 Å². The Morgan fingerprint density at radius 3 is 2.78 bits per heavy atom. The molecule has 3 heteroatoms. The van der Waals surface area contributed by atoms with Gasteiger partial charge in [0, 0.05) is 12.3 Å². The molecule has 0 amide bonds. The molecule has 0 aromatic heterocycles. The Bertz CT molecular complexity index is 533. The zero-order valence-electron chi connectivity index (χ0n) is 14.7. The van der Waals surface area contributed by atoms with Gasteiger partial charge in [-0.15, -0.1) is 0 Å². The first-order valence-electron chi connectivity index (χ1n) is 8.95. The summed E-state index contributed by atoms with van der Waals surface area (Å²) in [5.74, 6) is 0.820. The van der Waals surface area contributed by atoms with Crippen molar-refractivity contribution in [3.63, 3.8) is 0 Å². The van der Waals surface area contributed by atoms with E-state index in [1.54, 1.807) is 0 Å². The van der Waals surface area contributed by atoms with E-state index < -0.39 is 6.29 Å². The van der Waals surface area contributed by atoms with Crippen LogP contribution in [-0.4, -0.2) is 23.8 Å². The van der Waals surface area contributed by atoms with Gasteiger partial charge in [-0.25, -0.2) is 0 Å². The molecular formula is C20H30O3. The monoisotopic (exact) mass is 318 g/mol. The summed E-state index contributed by atoms with van der Waals surface area (Å²) in [4.78, 5) is 11.2. The third kappa shape index (κ3) is 2.83. The van der Waals surface area contributed by atoms with E-state index in [-0.39, 0.29) is 17.4 Å². The smallest absolute Gasteiger partial charge is 0.159 e. The number of aldehydes is 1. The predicted molar refractivity (Wildman–Crippen MR) is 90.7 cm³/mol. The molecule has 0 saturated heterocycles. The lowest BCUT2D eigenvalue weighted by molar-refractivity contribution is -0.169. The molecule has 128 valence electrons. The summed E-state index contributed by atoms with van der Waals surface area (Å²) in [5, 5.41) is 10.0. The zero-order valence-corrected chi connectivity index (χ0v) is 14.7. The molecule has 3 aliphatic rings. The van der Waals surface area contributed by atoms with Gasteiger partial charge in [-0.3, -0.25) is 4.79 Å². The lowest BCUT2D eigenvalue weighted by atomic mass is 9.47. The molecule has 0 aromatic rings. The van der Waals surface area contributed by atoms with Gasteiger partial charge >= 0.3 is 0 Å². The molecule has 5 atom stereocenters. The van der Waals surface area contributed by atoms with Crippen LogP contribution in [0.1, 0.15) is 59.3 Å². The van der Waals surface area contributed by atoms with Crippen LogP contribution in [0.3, 0.4) is 0 Å². The lowest BCUT2D eigenvalue weighted by Gasteiger charge is -2.59. The maximum atomic E-state index is 11.2. The Hall–Kier alpha value is -0.930. The zero-order chi connectivity index (χ0) is 16.8. The van der Waals surface area contributed by atoms with Crippen molar-refractivity contribution in [2.75, 3.05) is 0 Å². The minimum Gasteiger partial charge on any atom is -0.368 e. The molecule has 1 heterocycles. The number of aliphatic hydroxyl groups excluding tert-OH is 1. The molecule has 3 nitrogen and oxygen atoms in total. The number of ether oxygens (including phenoxy) is 1. The van der Waals surface area contributed by atoms with Gasteiger partial charge < -0.3 is 9.84 Å². The van der Waals surface area contributed by atoms with Crippen LogP contribution in [0.5, 0.6) is 0 Å². The molecule has 2 fully saturated rings. The van der Waals surface area contributed by atoms with E-state index in [1.807, 2.05) is 6.08 Å². The Morgan fingerprint density at radius 2 is 2.09 bits per heavy atom. The number of rotatable bonds is 2. The maximum absolute atomic E-state index is 11.2. The summed E-state index contributed by atoms with van der Waals surface area (Å²) < 4.78 is 5.87. The second-order valence-electron chi connectivity index (χ2n) is 8.69. The molecule has 1 aliphatic heterocycles. The van der Waals surface area contributed by atoms with Gasteiger partial charge in [0.2, 0.25) is 0 Å². The topological polar surface area (TPSA) is 46.5 Å². The minimum atomic E-state index is -0.876. The summed E-state index contributed by atoms with van der Waals surface area (Å²) in [6.07, 6.45) is 7.87. The van der Waals surface area contributed by atoms with E-state index in [2.05, 4.69) is 27.4 Å². The lowest BCUT2D eigenvalue weighted by Crippen LogP contribution is -2.53. The van der Waals surface area contributed by atoms with Gasteiger partial charge in [-0.05, 0) is 54.1 Å². The van der Waals surface area contributed by atoms with Crippen LogP contribution < -0.4 is 0 Å². The minimum absolute atomic E-state index is 0.128. The molecule has 0 spiro atoms. The number of carbonyl (C=O) groups is 1. The third-order valence-corrected chi connectivity index (χ3v) is 6.76. The second kappa shape index (κ2) is 5.86. The van der Waals surface area contributed by atoms with E-state index in [0.29, 0.717) is 23.3 Å². The number of aliphatic hydroxyl groups is 1. The molecule has 2 aliphatic carbocycles. The van der Waals surface area contributed by atoms with Crippen LogP contribution in [0.4, 0.5) is 0 Å². The second-order valence-corrected chi connectivity index (χ2v) is 8.69. The number of fused-ring (bicyclic) bond motifs is 1. The number of hydrogen-bond acceptors (Lipinski definition) is 3. The molecule has 0 bridgehead atoms. The highest BCUT2D eigenvalue weighted by Gasteiger charge is 2.55. The maximum Gasteiger partial charge on any atom is 0.159 e. The SMILES string of the molecule is C=C1CCC2C(C)(C)CCC[C@]2(C)C1C1C=C(C=O)CC(O)O1. The first kappa shape index (κ1) is 16.9. The largest absolute Gasteiger partial charge is 0.368 e. The van der Waals surface area contributed by atoms with Gasteiger partial charge in [0.05, 0.1) is 6.10 Å². The summed E-state index contributed by atoms with van der Waals surface area (Å²) in [6, 6.07) is 0. The van der Waals surface area contributed by atoms with Crippen LogP contribution in [0.2, 0.25) is 0 Å². The average Bonchev–Trinajstić information content (AvgIpc) is 2.45. The van der Waals surface area contributed by atoms with E-state index in [1.165, 1.54) is 31.3 Å². The first-order valence-corrected chi connectivity index (χ1v) is 8.95. The van der Waals surface area contributed by atoms with Gasteiger partial charge in [0.1, 0.15) is 6.29 Å². The van der Waals surface area contributed by atoms with E-state index in [0.717, 1.165) is 12.7 Å². The fraction of sp³-hybridized carbons (Fsp3) is 0.750. The fourth-order valence-electron chi connectivity index (χ4n) is 5.83. The van der Waals surface area contributed by atoms with Crippen molar-refractivity contribution in [2.45, 2.75) is 71.7 Å². The van der Waals surface area contributed by atoms with Gasteiger partial charge in [0.25, 0.3) is 0 Å². The van der Waals surface area contributed by atoms with Crippen molar-refractivity contribution in [3.8, 4) is 0 Å². The Kier molecular flexibility index (Phi) is 4.31. The molecular weight excluding hydrogens is 288 g/mol. The van der Waals surface area contributed by atoms with Gasteiger partial charge in [0.15, 0.2) is 6.29 Å². The average molecular weight is 318 g/mol. The third-order valence-electron chi connectivity index (χ3n) is 6.76. The van der Waals surface area contributed by atoms with Crippen LogP contribution >= 0.6 is 0 Å². The first-order chi connectivity index (χ1) is 10.8. The standard InChI is InChI=1S/C20H30O3/c1-13-6-7-16-19(2,3)8-5-9-20(16,4)18(13)15-10-14(12-21)11-17(22)23-15/h10,12,15-18,22H,1,5-9,11H2,2-4H3/t15?,16?,17?,18?,20-/m0/s1. The summed E-state index contributed by atoms with van der Waals surface area (Å²) in [6.45, 7) is 11.5. The number of hydrogen-bond donors (Lipinski definition) is 1. The molecule has 2 saturated carbocycles. The normalized spacial score (nSPS) is 43.5. The highest BCUT2D eigenvalue weighted by Crippen LogP contribution is 2.62. The van der Waals surface area contributed by atoms with E-state index in [9.17, 15) is 9.90 Å². The quantitative estimate of drug-likeness (QED) is 0.618. The van der Waals surface area contributed by atoms with Crippen molar-refractivity contribution in [3.05, 3.63) is 23.8 Å². The molecule has 3 rings (SSSR count). The summed E-state index contributed by atoms with van der Waals surface area (Å²) >= 11 is 0. The highest BCUT2D eigenvalue weighted by atomic mass is 16.6. The highest BCUT2D eigenvalue weighted by molar-refractivity contribution is 5.73. The predicted octanol–water partition coefficient (Wildman–Crippen LogP) is 4.02. The molecule has 23 heavy (non-hydrogen) atoms. The fourth-order valence-corrected chi connectivity index (χ4v) is 5.83. The Morgan fingerprint density at radius 1 is 1.35 bits per heavy atom. The van der Waals surface area contributed by atoms with E-state index in [4.69, 9.17) is 4.74 Å². The van der Waals surface area contributed by atoms with Crippen LogP contribution in [0.25, 0.3) is 0 Å². The van der Waals surface area contributed by atoms with E-state index >= 15 is 0 Å². The van der Waals surface area contributed by atoms with Crippen LogP contribution in [-0.2, 0) is 9.53 Å². The number of carbonyl (C=O) groups excluding carboxylic acids is 1. The van der Waals surface area contributed by atoms with Crippen LogP contribution in [0.15, 0.2) is 23.8 Å². The Labute approximate surface area is 139 Å². The molecule has 0 radical (unpaired) electrons. The van der Waals surface area contributed by atoms with Crippen molar-refractivity contribution in [2.24, 2.45) is 22.7 Å². The summed E-state index contributed by atoms with van der Waals surface area (Å²) in [5.41, 5.74) is 2.34. The van der Waals surface area contributed by atoms with Crippen molar-refractivity contribution in [1.29, 1.82) is 0 Å². The molecule has 4 unspecified atom stereocenters. The van der Waals surface area contributed by atoms with Crippen molar-refractivity contribution < 1.29 is 14.6 Å². The van der Waals surface area contributed by atoms with Gasteiger partial charge in [-0.2, -0.15) is 0 Å².